The summed E-state index contributed by atoms with van der Waals surface area (Å²) in [4.78, 5) is 10.8. The lowest BCUT2D eigenvalue weighted by Crippen LogP contribution is -2.40. The molecule has 1 aliphatic carbocycles. The molecule has 0 aliphatic heterocycles. The first-order valence-corrected chi connectivity index (χ1v) is 4.33. The van der Waals surface area contributed by atoms with Crippen LogP contribution in [0.5, 0.6) is 0 Å². The molecule has 1 saturated carbocycles. The SMILES string of the molecule is COC(=O)CCC1CC(O)C1C#N. The summed E-state index contributed by atoms with van der Waals surface area (Å²) in [5.74, 6) is -0.373. The highest BCUT2D eigenvalue weighted by Crippen LogP contribution is 2.37. The first-order chi connectivity index (χ1) is 6.19. The van der Waals surface area contributed by atoms with Gasteiger partial charge in [0, 0.05) is 6.42 Å². The molecule has 13 heavy (non-hydrogen) atoms. The molecule has 72 valence electrons. The van der Waals surface area contributed by atoms with E-state index in [0.717, 1.165) is 0 Å². The second kappa shape index (κ2) is 4.24. The maximum atomic E-state index is 10.8. The third kappa shape index (κ3) is 2.19. The van der Waals surface area contributed by atoms with Crippen molar-refractivity contribution in [2.45, 2.75) is 25.4 Å². The van der Waals surface area contributed by atoms with Crippen LogP contribution in [0.1, 0.15) is 19.3 Å². The number of carbonyl (C=O) groups is 1. The Bertz CT molecular complexity index is 234. The van der Waals surface area contributed by atoms with Crippen LogP contribution in [0.4, 0.5) is 0 Å². The van der Waals surface area contributed by atoms with Gasteiger partial charge in [-0.1, -0.05) is 0 Å². The molecule has 1 rings (SSSR count). The summed E-state index contributed by atoms with van der Waals surface area (Å²) in [7, 11) is 1.35. The predicted molar refractivity (Wildman–Crippen MR) is 44.5 cm³/mol. The largest absolute Gasteiger partial charge is 0.469 e. The molecule has 0 spiro atoms. The maximum Gasteiger partial charge on any atom is 0.305 e. The van der Waals surface area contributed by atoms with E-state index < -0.39 is 6.10 Å². The number of esters is 1. The number of hydrogen-bond donors (Lipinski definition) is 1. The summed E-state index contributed by atoms with van der Waals surface area (Å²) in [5, 5.41) is 17.8. The molecule has 4 nitrogen and oxygen atoms in total. The minimum absolute atomic E-state index is 0.166. The molecule has 0 aromatic heterocycles. The van der Waals surface area contributed by atoms with E-state index in [2.05, 4.69) is 4.74 Å². The number of nitriles is 1. The van der Waals surface area contributed by atoms with Crippen LogP contribution in [0, 0.1) is 23.2 Å². The van der Waals surface area contributed by atoms with E-state index in [9.17, 15) is 4.79 Å². The van der Waals surface area contributed by atoms with Crippen LogP contribution in [0.2, 0.25) is 0 Å². The Morgan fingerprint density at radius 3 is 2.92 bits per heavy atom. The topological polar surface area (TPSA) is 70.3 Å². The Labute approximate surface area is 77.1 Å². The van der Waals surface area contributed by atoms with Gasteiger partial charge in [0.15, 0.2) is 0 Å². The van der Waals surface area contributed by atoms with Gasteiger partial charge in [-0.05, 0) is 18.8 Å². The third-order valence-corrected chi connectivity index (χ3v) is 2.56. The minimum atomic E-state index is -0.493. The number of rotatable bonds is 3. The summed E-state index contributed by atoms with van der Waals surface area (Å²) in [6.45, 7) is 0. The van der Waals surface area contributed by atoms with Gasteiger partial charge in [0.25, 0.3) is 0 Å². The molecule has 0 radical (unpaired) electrons. The normalized spacial score (nSPS) is 31.6. The second-order valence-electron chi connectivity index (χ2n) is 3.33. The van der Waals surface area contributed by atoms with Crippen molar-refractivity contribution < 1.29 is 14.6 Å². The Kier molecular flexibility index (Phi) is 3.26. The van der Waals surface area contributed by atoms with Crippen LogP contribution in [0.3, 0.4) is 0 Å². The van der Waals surface area contributed by atoms with Crippen molar-refractivity contribution in [3.8, 4) is 6.07 Å². The molecule has 1 fully saturated rings. The van der Waals surface area contributed by atoms with Gasteiger partial charge in [-0.15, -0.1) is 0 Å². The van der Waals surface area contributed by atoms with E-state index in [0.29, 0.717) is 19.3 Å². The summed E-state index contributed by atoms with van der Waals surface area (Å²) < 4.78 is 4.48. The van der Waals surface area contributed by atoms with E-state index in [1.54, 1.807) is 0 Å². The predicted octanol–water partition coefficient (Wildman–Crippen LogP) is 0.460. The van der Waals surface area contributed by atoms with Crippen LogP contribution in [0.25, 0.3) is 0 Å². The Morgan fingerprint density at radius 1 is 1.77 bits per heavy atom. The number of methoxy groups -OCH3 is 1. The third-order valence-electron chi connectivity index (χ3n) is 2.56. The summed E-state index contributed by atoms with van der Waals surface area (Å²) in [5.41, 5.74) is 0. The number of aliphatic hydroxyl groups is 1. The lowest BCUT2D eigenvalue weighted by atomic mass is 9.70. The van der Waals surface area contributed by atoms with Gasteiger partial charge in [0.1, 0.15) is 0 Å². The highest BCUT2D eigenvalue weighted by atomic mass is 16.5. The van der Waals surface area contributed by atoms with E-state index in [4.69, 9.17) is 10.4 Å². The molecule has 0 bridgehead atoms. The van der Waals surface area contributed by atoms with Crippen molar-refractivity contribution in [1.29, 1.82) is 5.26 Å². The monoisotopic (exact) mass is 183 g/mol. The molecule has 3 atom stereocenters. The lowest BCUT2D eigenvalue weighted by Gasteiger charge is -2.36. The molecule has 3 unspecified atom stereocenters. The van der Waals surface area contributed by atoms with Crippen LogP contribution in [-0.2, 0) is 9.53 Å². The molecular weight excluding hydrogens is 170 g/mol. The fraction of sp³-hybridized carbons (Fsp3) is 0.778. The zero-order chi connectivity index (χ0) is 9.84. The zero-order valence-electron chi connectivity index (χ0n) is 7.56. The number of ether oxygens (including phenoxy) is 1. The minimum Gasteiger partial charge on any atom is -0.469 e. The van der Waals surface area contributed by atoms with Gasteiger partial charge >= 0.3 is 5.97 Å². The van der Waals surface area contributed by atoms with Gasteiger partial charge in [0.2, 0.25) is 0 Å². The average molecular weight is 183 g/mol. The van der Waals surface area contributed by atoms with Gasteiger partial charge in [0.05, 0.1) is 25.2 Å². The lowest BCUT2D eigenvalue weighted by molar-refractivity contribution is -0.141. The standard InChI is InChI=1S/C9H13NO3/c1-13-9(12)3-2-6-4-8(11)7(6)5-10/h6-8,11H,2-4H2,1H3. The molecule has 1 aliphatic rings. The molecular formula is C9H13NO3. The molecule has 0 aromatic rings. The first-order valence-electron chi connectivity index (χ1n) is 4.33. The van der Waals surface area contributed by atoms with E-state index in [-0.39, 0.29) is 17.8 Å². The van der Waals surface area contributed by atoms with Crippen molar-refractivity contribution in [3.05, 3.63) is 0 Å². The summed E-state index contributed by atoms with van der Waals surface area (Å²) in [6, 6.07) is 2.04. The van der Waals surface area contributed by atoms with Crippen molar-refractivity contribution in [3.63, 3.8) is 0 Å². The molecule has 0 amide bonds. The van der Waals surface area contributed by atoms with Crippen molar-refractivity contribution in [1.82, 2.24) is 0 Å². The fourth-order valence-corrected chi connectivity index (χ4v) is 1.62. The van der Waals surface area contributed by atoms with Crippen LogP contribution < -0.4 is 0 Å². The zero-order valence-corrected chi connectivity index (χ0v) is 7.56. The highest BCUT2D eigenvalue weighted by Gasteiger charge is 2.39. The highest BCUT2D eigenvalue weighted by molar-refractivity contribution is 5.69. The van der Waals surface area contributed by atoms with Gasteiger partial charge in [-0.3, -0.25) is 4.79 Å². The number of aliphatic hydroxyl groups excluding tert-OH is 1. The Balaban J connectivity index is 2.25. The van der Waals surface area contributed by atoms with Gasteiger partial charge in [-0.25, -0.2) is 0 Å². The maximum absolute atomic E-state index is 10.8. The second-order valence-corrected chi connectivity index (χ2v) is 3.33. The molecule has 4 heteroatoms. The average Bonchev–Trinajstić information content (AvgIpc) is 2.11. The quantitative estimate of drug-likeness (QED) is 0.645. The number of carbonyl (C=O) groups excluding carboxylic acids is 1. The summed E-state index contributed by atoms with van der Waals surface area (Å²) in [6.07, 6.45) is 1.12. The number of hydrogen-bond acceptors (Lipinski definition) is 4. The first kappa shape index (κ1) is 10.0. The molecule has 0 saturated heterocycles. The number of nitrogens with zero attached hydrogens (tertiary/aromatic N) is 1. The van der Waals surface area contributed by atoms with Crippen molar-refractivity contribution in [2.24, 2.45) is 11.8 Å². The van der Waals surface area contributed by atoms with Gasteiger partial charge in [-0.2, -0.15) is 5.26 Å². The van der Waals surface area contributed by atoms with Crippen molar-refractivity contribution in [2.75, 3.05) is 7.11 Å². The molecule has 0 heterocycles. The van der Waals surface area contributed by atoms with E-state index in [1.807, 2.05) is 6.07 Å². The molecule has 1 N–H and O–H groups in total. The van der Waals surface area contributed by atoms with E-state index >= 15 is 0 Å². The van der Waals surface area contributed by atoms with Gasteiger partial charge < -0.3 is 9.84 Å². The van der Waals surface area contributed by atoms with Crippen LogP contribution in [0.15, 0.2) is 0 Å². The summed E-state index contributed by atoms with van der Waals surface area (Å²) >= 11 is 0. The smallest absolute Gasteiger partial charge is 0.305 e. The van der Waals surface area contributed by atoms with Crippen molar-refractivity contribution >= 4 is 5.97 Å². The Morgan fingerprint density at radius 2 is 2.46 bits per heavy atom. The van der Waals surface area contributed by atoms with Crippen LogP contribution >= 0.6 is 0 Å². The fourth-order valence-electron chi connectivity index (χ4n) is 1.62. The van der Waals surface area contributed by atoms with E-state index in [1.165, 1.54) is 7.11 Å². The Hall–Kier alpha value is -1.08. The van der Waals surface area contributed by atoms with Crippen LogP contribution in [-0.4, -0.2) is 24.3 Å². The molecule has 0 aromatic carbocycles.